The van der Waals surface area contributed by atoms with Gasteiger partial charge < -0.3 is 15.2 Å². The van der Waals surface area contributed by atoms with Gasteiger partial charge in [0.15, 0.2) is 0 Å². The van der Waals surface area contributed by atoms with Gasteiger partial charge in [0.1, 0.15) is 0 Å². The van der Waals surface area contributed by atoms with E-state index in [9.17, 15) is 5.11 Å². The molecular weight excluding hydrogens is 250 g/mol. The predicted octanol–water partition coefficient (Wildman–Crippen LogP) is 2.86. The van der Waals surface area contributed by atoms with Crippen LogP contribution in [0.5, 0.6) is 0 Å². The Bertz CT molecular complexity index is 411. The molecule has 1 fully saturated rings. The third kappa shape index (κ3) is 4.05. The van der Waals surface area contributed by atoms with Crippen LogP contribution in [0.25, 0.3) is 0 Å². The van der Waals surface area contributed by atoms with Crippen LogP contribution in [0.3, 0.4) is 0 Å². The van der Waals surface area contributed by atoms with Gasteiger partial charge in [-0.2, -0.15) is 0 Å². The molecule has 0 atom stereocenters. The molecular formula is C17H27NO2. The maximum atomic E-state index is 9.76. The highest BCUT2D eigenvalue weighted by Crippen LogP contribution is 2.31. The Kier molecular flexibility index (Phi) is 5.58. The van der Waals surface area contributed by atoms with E-state index in [-0.39, 0.29) is 12.1 Å². The van der Waals surface area contributed by atoms with E-state index < -0.39 is 0 Å². The monoisotopic (exact) mass is 277 g/mol. The highest BCUT2D eigenvalue weighted by atomic mass is 16.5. The zero-order valence-electron chi connectivity index (χ0n) is 12.7. The number of hydrogen-bond acceptors (Lipinski definition) is 3. The fourth-order valence-corrected chi connectivity index (χ4v) is 2.99. The zero-order valence-corrected chi connectivity index (χ0v) is 12.7. The lowest BCUT2D eigenvalue weighted by molar-refractivity contribution is 0.104. The molecule has 0 heterocycles. The van der Waals surface area contributed by atoms with Crippen molar-refractivity contribution < 1.29 is 9.84 Å². The Morgan fingerprint density at radius 2 is 2.00 bits per heavy atom. The molecule has 1 aliphatic rings. The van der Waals surface area contributed by atoms with Gasteiger partial charge in [-0.3, -0.25) is 0 Å². The SMILES string of the molecule is COCc1cccc(CNC2(CO)CCC(C)CC2)c1. The summed E-state index contributed by atoms with van der Waals surface area (Å²) in [6.07, 6.45) is 4.55. The van der Waals surface area contributed by atoms with E-state index in [0.29, 0.717) is 6.61 Å². The first-order valence-corrected chi connectivity index (χ1v) is 7.60. The summed E-state index contributed by atoms with van der Waals surface area (Å²) in [6.45, 7) is 4.00. The van der Waals surface area contributed by atoms with E-state index in [0.717, 1.165) is 25.3 Å². The number of nitrogens with one attached hydrogen (secondary N) is 1. The summed E-state index contributed by atoms with van der Waals surface area (Å²) in [5.41, 5.74) is 2.37. The fraction of sp³-hybridized carbons (Fsp3) is 0.647. The molecule has 1 aliphatic carbocycles. The lowest BCUT2D eigenvalue weighted by Crippen LogP contribution is -2.50. The first-order chi connectivity index (χ1) is 9.67. The summed E-state index contributed by atoms with van der Waals surface area (Å²) in [7, 11) is 1.72. The molecule has 20 heavy (non-hydrogen) atoms. The van der Waals surface area contributed by atoms with Crippen LogP contribution >= 0.6 is 0 Å². The van der Waals surface area contributed by atoms with Crippen LogP contribution in [0.15, 0.2) is 24.3 Å². The molecule has 0 aliphatic heterocycles. The third-order valence-corrected chi connectivity index (χ3v) is 4.50. The Morgan fingerprint density at radius 3 is 2.65 bits per heavy atom. The normalized spacial score (nSPS) is 26.6. The summed E-state index contributed by atoms with van der Waals surface area (Å²) in [4.78, 5) is 0. The maximum absolute atomic E-state index is 9.76. The lowest BCUT2D eigenvalue weighted by Gasteiger charge is -2.39. The Hall–Kier alpha value is -0.900. The second kappa shape index (κ2) is 7.21. The van der Waals surface area contributed by atoms with Gasteiger partial charge in [-0.15, -0.1) is 0 Å². The number of benzene rings is 1. The van der Waals surface area contributed by atoms with Gasteiger partial charge in [0.2, 0.25) is 0 Å². The summed E-state index contributed by atoms with van der Waals surface area (Å²) >= 11 is 0. The molecule has 0 aromatic heterocycles. The smallest absolute Gasteiger partial charge is 0.0713 e. The van der Waals surface area contributed by atoms with E-state index in [1.165, 1.54) is 24.0 Å². The molecule has 0 unspecified atom stereocenters. The number of methoxy groups -OCH3 is 1. The second-order valence-corrected chi connectivity index (χ2v) is 6.23. The molecule has 2 rings (SSSR count). The van der Waals surface area contributed by atoms with Gasteiger partial charge in [-0.1, -0.05) is 31.2 Å². The average Bonchev–Trinajstić information content (AvgIpc) is 2.48. The average molecular weight is 277 g/mol. The van der Waals surface area contributed by atoms with Gasteiger partial charge in [-0.25, -0.2) is 0 Å². The van der Waals surface area contributed by atoms with Gasteiger partial charge in [-0.05, 0) is 42.7 Å². The lowest BCUT2D eigenvalue weighted by atomic mass is 9.77. The molecule has 0 saturated heterocycles. The van der Waals surface area contributed by atoms with E-state index in [2.05, 4.69) is 36.5 Å². The number of rotatable bonds is 6. The summed E-state index contributed by atoms with van der Waals surface area (Å²) in [5, 5.41) is 13.4. The highest BCUT2D eigenvalue weighted by molar-refractivity contribution is 5.23. The van der Waals surface area contributed by atoms with Crippen LogP contribution in [0, 0.1) is 5.92 Å². The second-order valence-electron chi connectivity index (χ2n) is 6.23. The van der Waals surface area contributed by atoms with Crippen molar-refractivity contribution in [3.8, 4) is 0 Å². The molecule has 112 valence electrons. The van der Waals surface area contributed by atoms with Crippen LogP contribution in [-0.2, 0) is 17.9 Å². The van der Waals surface area contributed by atoms with Crippen LogP contribution < -0.4 is 5.32 Å². The minimum absolute atomic E-state index is 0.0796. The number of aliphatic hydroxyl groups is 1. The minimum Gasteiger partial charge on any atom is -0.394 e. The third-order valence-electron chi connectivity index (χ3n) is 4.50. The standard InChI is InChI=1S/C17H27NO2/c1-14-6-8-17(13-19,9-7-14)18-11-15-4-3-5-16(10-15)12-20-2/h3-5,10,14,18-19H,6-9,11-13H2,1-2H3. The van der Waals surface area contributed by atoms with Gasteiger partial charge in [0, 0.05) is 19.2 Å². The van der Waals surface area contributed by atoms with E-state index in [4.69, 9.17) is 4.74 Å². The van der Waals surface area contributed by atoms with Crippen molar-refractivity contribution in [3.05, 3.63) is 35.4 Å². The molecule has 0 amide bonds. The Morgan fingerprint density at radius 1 is 1.30 bits per heavy atom. The Balaban J connectivity index is 1.94. The number of aliphatic hydroxyl groups excluding tert-OH is 1. The molecule has 1 aromatic rings. The topological polar surface area (TPSA) is 41.5 Å². The largest absolute Gasteiger partial charge is 0.394 e. The summed E-state index contributed by atoms with van der Waals surface area (Å²) in [6, 6.07) is 8.45. The van der Waals surface area contributed by atoms with E-state index in [1.54, 1.807) is 7.11 Å². The van der Waals surface area contributed by atoms with Gasteiger partial charge in [0.25, 0.3) is 0 Å². The van der Waals surface area contributed by atoms with Crippen LogP contribution in [0.4, 0.5) is 0 Å². The van der Waals surface area contributed by atoms with Crippen molar-refractivity contribution in [3.63, 3.8) is 0 Å². The van der Waals surface area contributed by atoms with Crippen molar-refractivity contribution in [2.45, 2.75) is 51.3 Å². The van der Waals surface area contributed by atoms with Crippen LogP contribution in [0.2, 0.25) is 0 Å². The van der Waals surface area contributed by atoms with E-state index in [1.807, 2.05) is 0 Å². The molecule has 3 heteroatoms. The number of hydrogen-bond donors (Lipinski definition) is 2. The predicted molar refractivity (Wildman–Crippen MR) is 81.4 cm³/mol. The van der Waals surface area contributed by atoms with Crippen LogP contribution in [-0.4, -0.2) is 24.4 Å². The molecule has 0 bridgehead atoms. The molecule has 0 spiro atoms. The minimum atomic E-state index is -0.0796. The maximum Gasteiger partial charge on any atom is 0.0713 e. The van der Waals surface area contributed by atoms with Crippen molar-refractivity contribution in [1.29, 1.82) is 0 Å². The van der Waals surface area contributed by atoms with Crippen LogP contribution in [0.1, 0.15) is 43.7 Å². The summed E-state index contributed by atoms with van der Waals surface area (Å²) in [5.74, 6) is 0.793. The van der Waals surface area contributed by atoms with Crippen molar-refractivity contribution in [2.75, 3.05) is 13.7 Å². The van der Waals surface area contributed by atoms with Crippen molar-refractivity contribution in [2.24, 2.45) is 5.92 Å². The molecule has 0 radical (unpaired) electrons. The first kappa shape index (κ1) is 15.5. The van der Waals surface area contributed by atoms with Gasteiger partial charge in [0.05, 0.1) is 13.2 Å². The van der Waals surface area contributed by atoms with Crippen molar-refractivity contribution in [1.82, 2.24) is 5.32 Å². The zero-order chi connectivity index (χ0) is 14.4. The quantitative estimate of drug-likeness (QED) is 0.840. The van der Waals surface area contributed by atoms with E-state index >= 15 is 0 Å². The summed E-state index contributed by atoms with van der Waals surface area (Å²) < 4.78 is 5.17. The molecule has 2 N–H and O–H groups in total. The first-order valence-electron chi connectivity index (χ1n) is 7.60. The fourth-order valence-electron chi connectivity index (χ4n) is 2.99. The Labute approximate surface area is 122 Å². The number of ether oxygens (including phenoxy) is 1. The molecule has 1 saturated carbocycles. The van der Waals surface area contributed by atoms with Crippen molar-refractivity contribution >= 4 is 0 Å². The van der Waals surface area contributed by atoms with Gasteiger partial charge >= 0.3 is 0 Å². The molecule has 1 aromatic carbocycles. The molecule has 3 nitrogen and oxygen atoms in total. The highest BCUT2D eigenvalue weighted by Gasteiger charge is 2.32.